The molecule has 9 heterocycles. The fourth-order valence-electron chi connectivity index (χ4n) is 12.4. The van der Waals surface area contributed by atoms with Crippen molar-refractivity contribution in [2.24, 2.45) is 29.6 Å². The number of aliphatic hydroxyl groups excluding tert-OH is 1. The minimum absolute atomic E-state index is 0.0154. The van der Waals surface area contributed by atoms with Gasteiger partial charge in [-0.3, -0.25) is 10.1 Å². The summed E-state index contributed by atoms with van der Waals surface area (Å²) in [7, 11) is 0. The van der Waals surface area contributed by atoms with E-state index in [1.165, 1.54) is 0 Å². The first kappa shape index (κ1) is 42.5. The number of carboxylic acid groups (broad SMARTS) is 1. The van der Waals surface area contributed by atoms with E-state index in [2.05, 4.69) is 52.6 Å². The van der Waals surface area contributed by atoms with Gasteiger partial charge in [0.15, 0.2) is 23.1 Å². The Kier molecular flexibility index (Phi) is 11.4. The van der Waals surface area contributed by atoms with Gasteiger partial charge in [-0.25, -0.2) is 0 Å². The molecule has 0 radical (unpaired) electrons. The van der Waals surface area contributed by atoms with Gasteiger partial charge in [0, 0.05) is 63.8 Å². The highest BCUT2D eigenvalue weighted by atomic mass is 16.8. The first-order valence-corrected chi connectivity index (χ1v) is 22.8. The predicted octanol–water partition coefficient (Wildman–Crippen LogP) is 6.01. The van der Waals surface area contributed by atoms with Crippen molar-refractivity contribution in [3.8, 4) is 0 Å². The van der Waals surface area contributed by atoms with Crippen molar-refractivity contribution in [1.82, 2.24) is 5.32 Å². The third kappa shape index (κ3) is 7.96. The van der Waals surface area contributed by atoms with Gasteiger partial charge in [-0.1, -0.05) is 59.4 Å². The van der Waals surface area contributed by atoms with E-state index < -0.39 is 53.2 Å². The number of aliphatic hydroxyl groups is 2. The van der Waals surface area contributed by atoms with Crippen LogP contribution in [-0.4, -0.2) is 112 Å². The summed E-state index contributed by atoms with van der Waals surface area (Å²) in [5.41, 5.74) is 0.396. The highest BCUT2D eigenvalue weighted by Gasteiger charge is 2.63. The maximum atomic E-state index is 12.1. The average Bonchev–Trinajstić information content (AvgIpc) is 3.86. The van der Waals surface area contributed by atoms with E-state index >= 15 is 0 Å². The molecular formula is C46H69NO12. The minimum atomic E-state index is -1.84. The first-order chi connectivity index (χ1) is 28.0. The van der Waals surface area contributed by atoms with Crippen molar-refractivity contribution < 1.29 is 58.0 Å². The fraction of sp³-hybridized carbons (Fsp3) is 0.848. The van der Waals surface area contributed by atoms with Gasteiger partial charge in [-0.05, 0) is 73.8 Å². The monoisotopic (exact) mass is 827 g/mol. The van der Waals surface area contributed by atoms with E-state index in [0.717, 1.165) is 37.8 Å². The summed E-state index contributed by atoms with van der Waals surface area (Å²) < 4.78 is 53.9. The molecule has 9 aliphatic heterocycles. The first-order valence-electron chi connectivity index (χ1n) is 22.8. The molecule has 0 aromatic rings. The Bertz CT molecular complexity index is 1660. The molecule has 8 saturated heterocycles. The van der Waals surface area contributed by atoms with Crippen LogP contribution in [-0.2, 0) is 42.7 Å². The van der Waals surface area contributed by atoms with E-state index in [4.69, 9.17) is 43.0 Å². The van der Waals surface area contributed by atoms with Gasteiger partial charge >= 0.3 is 5.97 Å². The molecule has 3 spiro atoms. The van der Waals surface area contributed by atoms with E-state index in [0.29, 0.717) is 69.1 Å². The molecule has 0 saturated carbocycles. The quantitative estimate of drug-likeness (QED) is 0.200. The van der Waals surface area contributed by atoms with E-state index in [1.807, 2.05) is 18.2 Å². The molecule has 0 aromatic heterocycles. The predicted molar refractivity (Wildman–Crippen MR) is 214 cm³/mol. The Morgan fingerprint density at radius 3 is 2.51 bits per heavy atom. The zero-order valence-electron chi connectivity index (χ0n) is 35.7. The van der Waals surface area contributed by atoms with Gasteiger partial charge < -0.3 is 53.2 Å². The Morgan fingerprint density at radius 2 is 1.71 bits per heavy atom. The molecule has 0 amide bonds. The number of hydrogen-bond acceptors (Lipinski definition) is 12. The lowest BCUT2D eigenvalue weighted by atomic mass is 9.79. The number of piperidine rings is 1. The number of nitrogens with one attached hydrogen (secondary N) is 1. The third-order valence-electron chi connectivity index (χ3n) is 15.5. The molecule has 8 fully saturated rings. The Hall–Kier alpha value is -1.75. The van der Waals surface area contributed by atoms with Gasteiger partial charge in [0.05, 0.1) is 42.7 Å². The third-order valence-corrected chi connectivity index (χ3v) is 15.5. The average molecular weight is 828 g/mol. The van der Waals surface area contributed by atoms with E-state index in [1.54, 1.807) is 0 Å². The SMILES string of the molecule is C=C(C[C@@]12C[C@H](C)C[C@@H](O1)[C@@H]1O[C@@]3(C[C@@H]1O2)NC[C@@H](C)C[C@H]3C)[C@H]1O[C@@](O)([C@@H](O)[C@H]2C[C@@H]3O[C@@]4(CC[C@]5(C=CC[C@@H](/C=C/CCC(=O)O)O5)O4)[C@@H](C)C[C@@H]3O2)CC[C@@H]1C. The summed E-state index contributed by atoms with van der Waals surface area (Å²) in [4.78, 5) is 10.9. The lowest BCUT2D eigenvalue weighted by molar-refractivity contribution is -0.366. The van der Waals surface area contributed by atoms with Crippen LogP contribution in [0.4, 0.5) is 0 Å². The molecule has 9 aliphatic rings. The second-order valence-corrected chi connectivity index (χ2v) is 20.4. The molecule has 19 atom stereocenters. The van der Waals surface area contributed by atoms with Gasteiger partial charge in [0.2, 0.25) is 0 Å². The van der Waals surface area contributed by atoms with Crippen molar-refractivity contribution in [3.63, 3.8) is 0 Å². The van der Waals surface area contributed by atoms with Crippen LogP contribution in [0, 0.1) is 29.6 Å². The molecule has 13 heteroatoms. The second kappa shape index (κ2) is 15.8. The second-order valence-electron chi connectivity index (χ2n) is 20.4. The van der Waals surface area contributed by atoms with Gasteiger partial charge in [-0.15, -0.1) is 0 Å². The van der Waals surface area contributed by atoms with Crippen LogP contribution >= 0.6 is 0 Å². The number of aliphatic carboxylic acids is 1. The largest absolute Gasteiger partial charge is 0.481 e. The number of hydrogen-bond donors (Lipinski definition) is 4. The smallest absolute Gasteiger partial charge is 0.303 e. The molecule has 0 unspecified atom stereocenters. The molecular weight excluding hydrogens is 759 g/mol. The van der Waals surface area contributed by atoms with Crippen molar-refractivity contribution in [3.05, 3.63) is 36.5 Å². The lowest BCUT2D eigenvalue weighted by Gasteiger charge is -2.52. The molecule has 59 heavy (non-hydrogen) atoms. The van der Waals surface area contributed by atoms with Crippen molar-refractivity contribution in [1.29, 1.82) is 0 Å². The molecule has 0 aliphatic carbocycles. The van der Waals surface area contributed by atoms with Crippen LogP contribution < -0.4 is 5.32 Å². The molecule has 9 rings (SSSR count). The number of carbonyl (C=O) groups is 1. The van der Waals surface area contributed by atoms with Crippen LogP contribution in [0.3, 0.4) is 0 Å². The van der Waals surface area contributed by atoms with Crippen LogP contribution in [0.15, 0.2) is 36.5 Å². The Balaban J connectivity index is 0.832. The normalized spacial score (nSPS) is 52.3. The Morgan fingerprint density at radius 1 is 0.898 bits per heavy atom. The highest BCUT2D eigenvalue weighted by molar-refractivity contribution is 5.66. The lowest BCUT2D eigenvalue weighted by Crippen LogP contribution is -2.60. The summed E-state index contributed by atoms with van der Waals surface area (Å²) in [6.07, 6.45) is 12.6. The summed E-state index contributed by atoms with van der Waals surface area (Å²) >= 11 is 0. The number of ether oxygens (including phenoxy) is 8. The Labute approximate surface area is 349 Å². The molecule has 0 aromatic carbocycles. The minimum Gasteiger partial charge on any atom is -0.481 e. The highest BCUT2D eigenvalue weighted by Crippen LogP contribution is 2.55. The molecule has 330 valence electrons. The number of rotatable bonds is 9. The maximum absolute atomic E-state index is 12.1. The molecule has 13 nitrogen and oxygen atoms in total. The topological polar surface area (TPSA) is 164 Å². The van der Waals surface area contributed by atoms with Crippen LogP contribution in [0.25, 0.3) is 0 Å². The van der Waals surface area contributed by atoms with Crippen molar-refractivity contribution in [2.45, 2.75) is 208 Å². The molecule has 2 bridgehead atoms. The van der Waals surface area contributed by atoms with E-state index in [9.17, 15) is 15.0 Å². The van der Waals surface area contributed by atoms with Gasteiger partial charge in [-0.2, -0.15) is 0 Å². The summed E-state index contributed by atoms with van der Waals surface area (Å²) in [5.74, 6) is -3.94. The van der Waals surface area contributed by atoms with Crippen molar-refractivity contribution in [2.75, 3.05) is 6.54 Å². The van der Waals surface area contributed by atoms with E-state index in [-0.39, 0.29) is 61.3 Å². The van der Waals surface area contributed by atoms with Crippen LogP contribution in [0.5, 0.6) is 0 Å². The number of allylic oxidation sites excluding steroid dienone is 1. The van der Waals surface area contributed by atoms with Gasteiger partial charge in [0.1, 0.15) is 17.9 Å². The fourth-order valence-corrected chi connectivity index (χ4v) is 12.4. The zero-order chi connectivity index (χ0) is 41.5. The zero-order valence-corrected chi connectivity index (χ0v) is 35.7. The summed E-state index contributed by atoms with van der Waals surface area (Å²) in [6, 6.07) is 0. The van der Waals surface area contributed by atoms with Crippen LogP contribution in [0.2, 0.25) is 0 Å². The number of carboxylic acids is 1. The van der Waals surface area contributed by atoms with Gasteiger partial charge in [0.25, 0.3) is 0 Å². The summed E-state index contributed by atoms with van der Waals surface area (Å²) in [5, 5.41) is 36.8. The maximum Gasteiger partial charge on any atom is 0.303 e. The summed E-state index contributed by atoms with van der Waals surface area (Å²) in [6.45, 7) is 16.5. The van der Waals surface area contributed by atoms with Crippen molar-refractivity contribution >= 4 is 5.97 Å². The van der Waals surface area contributed by atoms with Crippen LogP contribution in [0.1, 0.15) is 125 Å². The number of fused-ring (bicyclic) bond motifs is 5. The standard InChI is InChI=1S/C46H69NO12/c1-26-19-35-40-37(24-44(57-40)30(5)18-27(2)25-47-44)55-43(22-26,54-35)23-29(4)39-28(3)13-15-45(51,58-39)41(50)36-21-34-33(52-36)20-31(6)46(56-34)17-16-42(59-46)14-9-11-32(53-42)10-7-8-12-38(48)49/h7,9-10,14,26-28,30-37,39-41,47,50-51H,4,8,11-13,15-25H2,1-3,5-6H3,(H,48,49)/b10-7+/t26-,27+,28+,30-,31+,32-,33+,34+,35-,36-,37+,39+,40+,41+,42+,43+,44-,45-,46-/m1/s1. The molecule has 4 N–H and O–H groups in total.